The number of aliphatic hydroxyl groups is 1. The number of carbonyl (C=O) groups is 1. The summed E-state index contributed by atoms with van der Waals surface area (Å²) in [4.78, 5) is 23.2. The maximum atomic E-state index is 13.0. The summed E-state index contributed by atoms with van der Waals surface area (Å²) in [5.41, 5.74) is -0.128. The number of aromatic nitrogens is 2. The Bertz CT molecular complexity index is 943. The van der Waals surface area contributed by atoms with E-state index in [1.807, 2.05) is 13.8 Å². The van der Waals surface area contributed by atoms with Crippen LogP contribution in [-0.4, -0.2) is 65.4 Å². The fraction of sp³-hybridized carbons (Fsp3) is 0.500. The second-order valence-corrected chi connectivity index (χ2v) is 7.42. The summed E-state index contributed by atoms with van der Waals surface area (Å²) in [5, 5.41) is 11.3. The number of hydrogen-bond donors (Lipinski definition) is 1. The van der Waals surface area contributed by atoms with Crippen LogP contribution in [0.4, 0.5) is 0 Å². The molecule has 1 saturated heterocycles. The van der Waals surface area contributed by atoms with Gasteiger partial charge in [0.2, 0.25) is 5.88 Å². The molecule has 9 heteroatoms. The first kappa shape index (κ1) is 21.2. The van der Waals surface area contributed by atoms with Gasteiger partial charge in [0.05, 0.1) is 24.4 Å². The quantitative estimate of drug-likeness (QED) is 0.745. The van der Waals surface area contributed by atoms with Crippen LogP contribution in [0.5, 0.6) is 23.4 Å². The Balaban J connectivity index is 1.48. The Morgan fingerprint density at radius 3 is 2.55 bits per heavy atom. The van der Waals surface area contributed by atoms with Gasteiger partial charge in [-0.15, -0.1) is 0 Å². The van der Waals surface area contributed by atoms with Crippen LogP contribution in [0.25, 0.3) is 0 Å². The standard InChI is InChI=1S/C22H27N3O6/c1-3-28-19-16(14-23-21(24-19)29-4-2)22(27)7-9-25(10-8-22)20(26)15-5-6-17-18(13-15)31-12-11-30-17/h5-6,13-14,27H,3-4,7-12H2,1-2H3. The van der Waals surface area contributed by atoms with Crippen molar-refractivity contribution in [2.24, 2.45) is 0 Å². The Morgan fingerprint density at radius 1 is 1.13 bits per heavy atom. The highest BCUT2D eigenvalue weighted by atomic mass is 16.6. The molecule has 0 atom stereocenters. The van der Waals surface area contributed by atoms with E-state index in [1.165, 1.54) is 0 Å². The zero-order valence-electron chi connectivity index (χ0n) is 17.8. The van der Waals surface area contributed by atoms with Gasteiger partial charge in [-0.05, 0) is 44.9 Å². The summed E-state index contributed by atoms with van der Waals surface area (Å²) in [6.45, 7) is 6.29. The maximum Gasteiger partial charge on any atom is 0.319 e. The molecule has 166 valence electrons. The van der Waals surface area contributed by atoms with Crippen LogP contribution < -0.4 is 18.9 Å². The van der Waals surface area contributed by atoms with E-state index in [0.29, 0.717) is 80.9 Å². The zero-order valence-corrected chi connectivity index (χ0v) is 17.8. The molecule has 31 heavy (non-hydrogen) atoms. The summed E-state index contributed by atoms with van der Waals surface area (Å²) >= 11 is 0. The van der Waals surface area contributed by atoms with Crippen molar-refractivity contribution >= 4 is 5.91 Å². The van der Waals surface area contributed by atoms with E-state index in [9.17, 15) is 9.90 Å². The van der Waals surface area contributed by atoms with Gasteiger partial charge in [-0.2, -0.15) is 4.98 Å². The van der Waals surface area contributed by atoms with E-state index in [2.05, 4.69) is 9.97 Å². The lowest BCUT2D eigenvalue weighted by Gasteiger charge is -2.38. The third kappa shape index (κ3) is 4.36. The number of likely N-dealkylation sites (tertiary alicyclic amines) is 1. The fourth-order valence-corrected chi connectivity index (χ4v) is 3.82. The van der Waals surface area contributed by atoms with Crippen LogP contribution in [0, 0.1) is 0 Å². The van der Waals surface area contributed by atoms with Crippen LogP contribution in [0.3, 0.4) is 0 Å². The minimum atomic E-state index is -1.18. The normalized spacial score (nSPS) is 17.2. The molecule has 9 nitrogen and oxygen atoms in total. The Hall–Kier alpha value is -3.07. The molecule has 0 saturated carbocycles. The van der Waals surface area contributed by atoms with Crippen LogP contribution in [0.2, 0.25) is 0 Å². The third-order valence-electron chi connectivity index (χ3n) is 5.45. The predicted octanol–water partition coefficient (Wildman–Crippen LogP) is 2.17. The van der Waals surface area contributed by atoms with Crippen molar-refractivity contribution in [2.45, 2.75) is 32.3 Å². The SMILES string of the molecule is CCOc1ncc(C2(O)CCN(C(=O)c3ccc4c(c3)OCCO4)CC2)c(OCC)n1. The van der Waals surface area contributed by atoms with E-state index >= 15 is 0 Å². The Kier molecular flexibility index (Phi) is 6.13. The topological polar surface area (TPSA) is 103 Å². The number of amides is 1. The maximum absolute atomic E-state index is 13.0. The number of piperidine rings is 1. The Morgan fingerprint density at radius 2 is 1.84 bits per heavy atom. The highest BCUT2D eigenvalue weighted by Gasteiger charge is 2.39. The van der Waals surface area contributed by atoms with Crippen LogP contribution in [-0.2, 0) is 5.60 Å². The summed E-state index contributed by atoms with van der Waals surface area (Å²) in [6, 6.07) is 5.42. The number of rotatable bonds is 6. The molecular formula is C22H27N3O6. The van der Waals surface area contributed by atoms with Gasteiger partial charge in [-0.1, -0.05) is 0 Å². The lowest BCUT2D eigenvalue weighted by Crippen LogP contribution is -2.45. The van der Waals surface area contributed by atoms with Crippen molar-refractivity contribution < 1.29 is 28.8 Å². The monoisotopic (exact) mass is 429 g/mol. The number of ether oxygens (including phenoxy) is 4. The average molecular weight is 429 g/mol. The number of fused-ring (bicyclic) bond motifs is 1. The molecule has 1 N–H and O–H groups in total. The molecule has 1 fully saturated rings. The molecule has 0 bridgehead atoms. The van der Waals surface area contributed by atoms with Crippen molar-refractivity contribution in [1.82, 2.24) is 14.9 Å². The minimum absolute atomic E-state index is 0.105. The predicted molar refractivity (Wildman–Crippen MR) is 111 cm³/mol. The molecule has 0 radical (unpaired) electrons. The minimum Gasteiger partial charge on any atom is -0.486 e. The van der Waals surface area contributed by atoms with Gasteiger partial charge in [0, 0.05) is 24.8 Å². The second kappa shape index (κ2) is 8.97. The first-order valence-corrected chi connectivity index (χ1v) is 10.6. The van der Waals surface area contributed by atoms with Gasteiger partial charge in [0.15, 0.2) is 11.5 Å². The van der Waals surface area contributed by atoms with Crippen molar-refractivity contribution in [2.75, 3.05) is 39.5 Å². The highest BCUT2D eigenvalue weighted by molar-refractivity contribution is 5.95. The molecule has 2 aliphatic heterocycles. The van der Waals surface area contributed by atoms with E-state index in [1.54, 1.807) is 29.3 Å². The third-order valence-corrected chi connectivity index (χ3v) is 5.45. The van der Waals surface area contributed by atoms with Crippen molar-refractivity contribution in [3.63, 3.8) is 0 Å². The van der Waals surface area contributed by atoms with E-state index in [4.69, 9.17) is 18.9 Å². The molecule has 0 aliphatic carbocycles. The average Bonchev–Trinajstić information content (AvgIpc) is 2.79. The molecule has 1 aromatic heterocycles. The van der Waals surface area contributed by atoms with Crippen molar-refractivity contribution in [3.05, 3.63) is 35.5 Å². The van der Waals surface area contributed by atoms with Gasteiger partial charge in [0.1, 0.15) is 13.2 Å². The van der Waals surface area contributed by atoms with Gasteiger partial charge in [0.25, 0.3) is 5.91 Å². The van der Waals surface area contributed by atoms with Crippen LogP contribution >= 0.6 is 0 Å². The van der Waals surface area contributed by atoms with Crippen molar-refractivity contribution in [3.8, 4) is 23.4 Å². The molecule has 2 aliphatic rings. The zero-order chi connectivity index (χ0) is 21.8. The van der Waals surface area contributed by atoms with Gasteiger partial charge in [-0.3, -0.25) is 4.79 Å². The van der Waals surface area contributed by atoms with E-state index < -0.39 is 5.60 Å². The highest BCUT2D eigenvalue weighted by Crippen LogP contribution is 2.38. The van der Waals surface area contributed by atoms with Gasteiger partial charge < -0.3 is 29.0 Å². The number of nitrogens with zero attached hydrogens (tertiary/aromatic N) is 3. The second-order valence-electron chi connectivity index (χ2n) is 7.42. The number of benzene rings is 1. The Labute approximate surface area is 180 Å². The molecule has 0 spiro atoms. The summed E-state index contributed by atoms with van der Waals surface area (Å²) < 4.78 is 22.1. The van der Waals surface area contributed by atoms with Crippen molar-refractivity contribution in [1.29, 1.82) is 0 Å². The first-order valence-electron chi connectivity index (χ1n) is 10.6. The molecule has 1 aromatic carbocycles. The lowest BCUT2D eigenvalue weighted by molar-refractivity contribution is -0.0237. The molecule has 2 aromatic rings. The van der Waals surface area contributed by atoms with Crippen LogP contribution in [0.15, 0.2) is 24.4 Å². The fourth-order valence-electron chi connectivity index (χ4n) is 3.82. The van der Waals surface area contributed by atoms with Gasteiger partial charge in [-0.25, -0.2) is 4.98 Å². The lowest BCUT2D eigenvalue weighted by atomic mass is 9.85. The number of carbonyl (C=O) groups excluding carboxylic acids is 1. The smallest absolute Gasteiger partial charge is 0.319 e. The molecular weight excluding hydrogens is 402 g/mol. The first-order chi connectivity index (χ1) is 15.0. The van der Waals surface area contributed by atoms with E-state index in [0.717, 1.165) is 0 Å². The van der Waals surface area contributed by atoms with Gasteiger partial charge >= 0.3 is 6.01 Å². The molecule has 4 rings (SSSR count). The molecule has 1 amide bonds. The molecule has 3 heterocycles. The number of hydrogen-bond acceptors (Lipinski definition) is 8. The molecule has 0 unspecified atom stereocenters. The summed E-state index contributed by atoms with van der Waals surface area (Å²) in [7, 11) is 0. The largest absolute Gasteiger partial charge is 0.486 e. The summed E-state index contributed by atoms with van der Waals surface area (Å²) in [6.07, 6.45) is 2.25. The van der Waals surface area contributed by atoms with Crippen LogP contribution in [0.1, 0.15) is 42.6 Å². The summed E-state index contributed by atoms with van der Waals surface area (Å²) in [5.74, 6) is 1.44. The van der Waals surface area contributed by atoms with E-state index in [-0.39, 0.29) is 11.9 Å².